The van der Waals surface area contributed by atoms with Crippen molar-refractivity contribution in [1.82, 2.24) is 20.2 Å². The second-order valence-electron chi connectivity index (χ2n) is 5.51. The molecule has 2 aromatic rings. The molecule has 0 bridgehead atoms. The third-order valence-electron chi connectivity index (χ3n) is 4.37. The van der Waals surface area contributed by atoms with Crippen LogP contribution in [0.3, 0.4) is 0 Å². The molecule has 1 N–H and O–H groups in total. The fraction of sp³-hybridized carbons (Fsp3) is 0.571. The average molecular weight is 289 g/mol. The number of aromatic nitrogens is 2. The predicted octanol–water partition coefficient (Wildman–Crippen LogP) is 1.18. The van der Waals surface area contributed by atoms with Gasteiger partial charge < -0.3 is 10.2 Å². The molecule has 1 unspecified atom stereocenters. The van der Waals surface area contributed by atoms with Gasteiger partial charge >= 0.3 is 0 Å². The first-order chi connectivity index (χ1) is 9.92. The molecular formula is C14H19N5S. The normalized spacial score (nSPS) is 24.6. The second-order valence-corrected chi connectivity index (χ2v) is 6.41. The van der Waals surface area contributed by atoms with Crippen LogP contribution in [0.15, 0.2) is 17.8 Å². The molecule has 0 radical (unpaired) electrons. The van der Waals surface area contributed by atoms with E-state index < -0.39 is 0 Å². The molecule has 106 valence electrons. The number of thiophene rings is 1. The van der Waals surface area contributed by atoms with E-state index in [9.17, 15) is 0 Å². The van der Waals surface area contributed by atoms with E-state index in [1.807, 2.05) is 0 Å². The van der Waals surface area contributed by atoms with Gasteiger partial charge in [0.05, 0.1) is 5.39 Å². The molecule has 20 heavy (non-hydrogen) atoms. The van der Waals surface area contributed by atoms with Crippen molar-refractivity contribution in [2.24, 2.45) is 0 Å². The van der Waals surface area contributed by atoms with Crippen molar-refractivity contribution in [2.45, 2.75) is 12.5 Å². The van der Waals surface area contributed by atoms with Crippen LogP contribution in [0.2, 0.25) is 0 Å². The number of hydrogen-bond donors (Lipinski definition) is 1. The molecule has 4 heterocycles. The van der Waals surface area contributed by atoms with Crippen molar-refractivity contribution in [3.63, 3.8) is 0 Å². The molecule has 6 heteroatoms. The highest BCUT2D eigenvalue weighted by Crippen LogP contribution is 2.29. The smallest absolute Gasteiger partial charge is 0.140 e. The molecule has 5 nitrogen and oxygen atoms in total. The van der Waals surface area contributed by atoms with Crippen molar-refractivity contribution >= 4 is 27.4 Å². The molecule has 2 aliphatic rings. The summed E-state index contributed by atoms with van der Waals surface area (Å²) in [6.07, 6.45) is 2.95. The first-order valence-electron chi connectivity index (χ1n) is 7.30. The summed E-state index contributed by atoms with van der Waals surface area (Å²) < 4.78 is 0. The highest BCUT2D eigenvalue weighted by molar-refractivity contribution is 7.16. The van der Waals surface area contributed by atoms with E-state index in [0.29, 0.717) is 6.04 Å². The topological polar surface area (TPSA) is 44.3 Å². The van der Waals surface area contributed by atoms with Crippen molar-refractivity contribution in [2.75, 3.05) is 44.2 Å². The molecular weight excluding hydrogens is 270 g/mol. The van der Waals surface area contributed by atoms with Crippen LogP contribution in [-0.4, -0.2) is 60.2 Å². The lowest BCUT2D eigenvalue weighted by atomic mass is 10.2. The lowest BCUT2D eigenvalue weighted by Gasteiger charge is -2.32. The first-order valence-corrected chi connectivity index (χ1v) is 8.18. The van der Waals surface area contributed by atoms with E-state index in [1.165, 1.54) is 24.9 Å². The Morgan fingerprint density at radius 1 is 1.20 bits per heavy atom. The Labute approximate surface area is 122 Å². The number of piperazine rings is 1. The van der Waals surface area contributed by atoms with Gasteiger partial charge in [-0.05, 0) is 17.9 Å². The largest absolute Gasteiger partial charge is 0.354 e. The van der Waals surface area contributed by atoms with Gasteiger partial charge in [0.15, 0.2) is 0 Å². The lowest BCUT2D eigenvalue weighted by Crippen LogP contribution is -2.49. The van der Waals surface area contributed by atoms with Gasteiger partial charge in [-0.25, -0.2) is 9.97 Å². The van der Waals surface area contributed by atoms with E-state index >= 15 is 0 Å². The van der Waals surface area contributed by atoms with Crippen molar-refractivity contribution < 1.29 is 0 Å². The number of hydrogen-bond acceptors (Lipinski definition) is 6. The molecule has 2 aromatic heterocycles. The standard InChI is InChI=1S/C14H19N5S/c1-5-19(9-11(1)18-6-3-15-4-7-18)13-12-2-8-20-14(12)17-10-16-13/h2,8,10-11,15H,1,3-7,9H2. The van der Waals surface area contributed by atoms with Crippen LogP contribution < -0.4 is 10.2 Å². The number of nitrogens with zero attached hydrogens (tertiary/aromatic N) is 4. The Morgan fingerprint density at radius 3 is 3.00 bits per heavy atom. The third-order valence-corrected chi connectivity index (χ3v) is 5.19. The van der Waals surface area contributed by atoms with Crippen LogP contribution in [0.5, 0.6) is 0 Å². The number of fused-ring (bicyclic) bond motifs is 1. The van der Waals surface area contributed by atoms with Gasteiger partial charge in [0.25, 0.3) is 0 Å². The summed E-state index contributed by atoms with van der Waals surface area (Å²) in [4.78, 5) is 15.0. The van der Waals surface area contributed by atoms with Gasteiger partial charge in [0.2, 0.25) is 0 Å². The van der Waals surface area contributed by atoms with Crippen LogP contribution in [0.25, 0.3) is 10.2 Å². The zero-order chi connectivity index (χ0) is 13.4. The zero-order valence-corrected chi connectivity index (χ0v) is 12.3. The number of nitrogens with one attached hydrogen (secondary N) is 1. The minimum atomic E-state index is 0.681. The summed E-state index contributed by atoms with van der Waals surface area (Å²) in [6, 6.07) is 2.83. The zero-order valence-electron chi connectivity index (χ0n) is 11.5. The van der Waals surface area contributed by atoms with Crippen molar-refractivity contribution in [3.05, 3.63) is 17.8 Å². The summed E-state index contributed by atoms with van der Waals surface area (Å²) in [5.41, 5.74) is 0. The Kier molecular flexibility index (Phi) is 3.29. The van der Waals surface area contributed by atoms with Gasteiger partial charge in [-0.15, -0.1) is 11.3 Å². The maximum atomic E-state index is 4.53. The van der Waals surface area contributed by atoms with Gasteiger partial charge in [-0.2, -0.15) is 0 Å². The summed E-state index contributed by atoms with van der Waals surface area (Å²) >= 11 is 1.69. The molecule has 0 spiro atoms. The highest BCUT2D eigenvalue weighted by Gasteiger charge is 2.29. The van der Waals surface area contributed by atoms with Crippen LogP contribution in [0, 0.1) is 0 Å². The van der Waals surface area contributed by atoms with Gasteiger partial charge in [-0.3, -0.25) is 4.90 Å². The Morgan fingerprint density at radius 2 is 2.10 bits per heavy atom. The Balaban J connectivity index is 1.54. The van der Waals surface area contributed by atoms with E-state index in [-0.39, 0.29) is 0 Å². The summed E-state index contributed by atoms with van der Waals surface area (Å²) in [7, 11) is 0. The summed E-state index contributed by atoms with van der Waals surface area (Å²) in [6.45, 7) is 6.81. The average Bonchev–Trinajstić information content (AvgIpc) is 3.17. The fourth-order valence-electron chi connectivity index (χ4n) is 3.31. The molecule has 2 fully saturated rings. The molecule has 0 aromatic carbocycles. The fourth-order valence-corrected chi connectivity index (χ4v) is 4.04. The van der Waals surface area contributed by atoms with Gasteiger partial charge in [0.1, 0.15) is 17.0 Å². The van der Waals surface area contributed by atoms with Crippen LogP contribution in [0.4, 0.5) is 5.82 Å². The van der Waals surface area contributed by atoms with Crippen LogP contribution >= 0.6 is 11.3 Å². The number of rotatable bonds is 2. The number of anilines is 1. The second kappa shape index (κ2) is 5.27. The minimum absolute atomic E-state index is 0.681. The van der Waals surface area contributed by atoms with E-state index in [2.05, 4.69) is 36.5 Å². The van der Waals surface area contributed by atoms with Gasteiger partial charge in [0, 0.05) is 45.3 Å². The van der Waals surface area contributed by atoms with Crippen molar-refractivity contribution in [3.8, 4) is 0 Å². The molecule has 0 aliphatic carbocycles. The first kappa shape index (κ1) is 12.5. The van der Waals surface area contributed by atoms with E-state index in [4.69, 9.17) is 0 Å². The summed E-state index contributed by atoms with van der Waals surface area (Å²) in [5, 5.41) is 6.74. The molecule has 2 aliphatic heterocycles. The van der Waals surface area contributed by atoms with E-state index in [1.54, 1.807) is 17.7 Å². The highest BCUT2D eigenvalue weighted by atomic mass is 32.1. The van der Waals surface area contributed by atoms with Crippen LogP contribution in [-0.2, 0) is 0 Å². The molecule has 0 saturated carbocycles. The van der Waals surface area contributed by atoms with E-state index in [0.717, 1.165) is 36.8 Å². The lowest BCUT2D eigenvalue weighted by molar-refractivity contribution is 0.185. The maximum absolute atomic E-state index is 4.53. The molecule has 4 rings (SSSR count). The molecule has 2 saturated heterocycles. The monoisotopic (exact) mass is 289 g/mol. The molecule has 1 atom stereocenters. The van der Waals surface area contributed by atoms with Crippen LogP contribution in [0.1, 0.15) is 6.42 Å². The Bertz CT molecular complexity index is 592. The minimum Gasteiger partial charge on any atom is -0.354 e. The quantitative estimate of drug-likeness (QED) is 0.899. The molecule has 0 amide bonds. The van der Waals surface area contributed by atoms with Crippen molar-refractivity contribution in [1.29, 1.82) is 0 Å². The van der Waals surface area contributed by atoms with Gasteiger partial charge in [-0.1, -0.05) is 0 Å². The third kappa shape index (κ3) is 2.17. The Hall–Kier alpha value is -1.24. The predicted molar refractivity (Wildman–Crippen MR) is 82.5 cm³/mol. The summed E-state index contributed by atoms with van der Waals surface area (Å²) in [5.74, 6) is 1.12. The SMILES string of the molecule is c1nc(N2CCC(N3CCNCC3)C2)c2ccsc2n1. The maximum Gasteiger partial charge on any atom is 0.140 e.